The smallest absolute Gasteiger partial charge is 0.231 e. The number of amidine groups is 1. The molecule has 18 heavy (non-hydrogen) atoms. The third-order valence-electron chi connectivity index (χ3n) is 2.49. The summed E-state index contributed by atoms with van der Waals surface area (Å²) in [4.78, 5) is 12.0. The van der Waals surface area contributed by atoms with E-state index in [1.807, 2.05) is 0 Å². The monoisotopic (exact) mass is 255 g/mol. The van der Waals surface area contributed by atoms with Crippen LogP contribution in [0, 0.1) is 11.8 Å². The number of amides is 1. The zero-order valence-electron chi connectivity index (χ0n) is 10.5. The zero-order chi connectivity index (χ0) is 13.7. The molecule has 0 saturated heterocycles. The van der Waals surface area contributed by atoms with E-state index >= 15 is 0 Å². The van der Waals surface area contributed by atoms with Crippen LogP contribution in [0.25, 0.3) is 0 Å². The molecule has 9 nitrogen and oxygen atoms in total. The molecule has 0 radical (unpaired) electrons. The first kappa shape index (κ1) is 13.9. The molecule has 1 aromatic rings. The molecule has 1 heterocycles. The second-order valence-corrected chi connectivity index (χ2v) is 4.25. The quantitative estimate of drug-likeness (QED) is 0.239. The lowest BCUT2D eigenvalue weighted by Crippen LogP contribution is -2.42. The van der Waals surface area contributed by atoms with E-state index in [1.165, 1.54) is 0 Å². The minimum atomic E-state index is -0.704. The fraction of sp³-hybridized carbons (Fsp3) is 0.667. The van der Waals surface area contributed by atoms with Crippen molar-refractivity contribution < 1.29 is 10.0 Å². The largest absolute Gasteiger partial charge is 0.409 e. The van der Waals surface area contributed by atoms with Crippen molar-refractivity contribution in [1.29, 1.82) is 0 Å². The lowest BCUT2D eigenvalue weighted by atomic mass is 9.93. The summed E-state index contributed by atoms with van der Waals surface area (Å²) >= 11 is 0. The molecule has 5 N–H and O–H groups in total. The van der Waals surface area contributed by atoms with Crippen LogP contribution < -0.4 is 11.1 Å². The molecule has 1 rings (SSSR count). The number of nitrogens with two attached hydrogens (primary N) is 1. The van der Waals surface area contributed by atoms with E-state index in [4.69, 9.17) is 10.9 Å². The van der Waals surface area contributed by atoms with Crippen molar-refractivity contribution in [3.8, 4) is 0 Å². The lowest BCUT2D eigenvalue weighted by molar-refractivity contribution is -0.124. The summed E-state index contributed by atoms with van der Waals surface area (Å²) in [5.74, 6) is -0.909. The molecular weight excluding hydrogens is 238 g/mol. The van der Waals surface area contributed by atoms with Crippen molar-refractivity contribution >= 4 is 11.7 Å². The molecule has 2 atom stereocenters. The lowest BCUT2D eigenvalue weighted by Gasteiger charge is -2.20. The van der Waals surface area contributed by atoms with E-state index in [9.17, 15) is 4.79 Å². The number of nitrogens with one attached hydrogen (secondary N) is 2. The number of aromatic amines is 1. The van der Waals surface area contributed by atoms with Crippen molar-refractivity contribution in [1.82, 2.24) is 25.9 Å². The SMILES string of the molecule is CC(NC(=O)C(C(N)=NO)C(C)C)c1nn[nH]n1. The Morgan fingerprint density at radius 2 is 2.17 bits per heavy atom. The Bertz CT molecular complexity index is 415. The number of hydrogen-bond donors (Lipinski definition) is 4. The molecule has 0 fully saturated rings. The Morgan fingerprint density at radius 1 is 1.50 bits per heavy atom. The Morgan fingerprint density at radius 3 is 2.61 bits per heavy atom. The summed E-state index contributed by atoms with van der Waals surface area (Å²) < 4.78 is 0. The van der Waals surface area contributed by atoms with Gasteiger partial charge in [0.25, 0.3) is 0 Å². The first-order valence-corrected chi connectivity index (χ1v) is 5.48. The number of H-pyrrole nitrogens is 1. The molecule has 0 saturated carbocycles. The van der Waals surface area contributed by atoms with Crippen LogP contribution in [0.4, 0.5) is 0 Å². The van der Waals surface area contributed by atoms with Crippen LogP contribution in [0.5, 0.6) is 0 Å². The van der Waals surface area contributed by atoms with Gasteiger partial charge in [-0.25, -0.2) is 0 Å². The fourth-order valence-electron chi connectivity index (χ4n) is 1.56. The van der Waals surface area contributed by atoms with Crippen molar-refractivity contribution in [2.45, 2.75) is 26.8 Å². The van der Waals surface area contributed by atoms with Crippen LogP contribution in [-0.4, -0.2) is 37.6 Å². The summed E-state index contributed by atoms with van der Waals surface area (Å²) in [5, 5.41) is 27.5. The predicted molar refractivity (Wildman–Crippen MR) is 62.5 cm³/mol. The van der Waals surface area contributed by atoms with Gasteiger partial charge in [0, 0.05) is 0 Å². The number of tetrazole rings is 1. The van der Waals surface area contributed by atoms with Gasteiger partial charge in [0.2, 0.25) is 5.91 Å². The molecule has 0 aromatic carbocycles. The van der Waals surface area contributed by atoms with Crippen molar-refractivity contribution in [2.75, 3.05) is 0 Å². The predicted octanol–water partition coefficient (Wildman–Crippen LogP) is -0.604. The first-order chi connectivity index (χ1) is 8.47. The molecule has 1 aromatic heterocycles. The number of carbonyl (C=O) groups is 1. The molecule has 0 aliphatic heterocycles. The van der Waals surface area contributed by atoms with Crippen LogP contribution in [0.3, 0.4) is 0 Å². The molecular formula is C9H17N7O2. The normalized spacial score (nSPS) is 15.4. The average Bonchev–Trinajstić information content (AvgIpc) is 2.81. The van der Waals surface area contributed by atoms with Crippen LogP contribution in [0.15, 0.2) is 5.16 Å². The van der Waals surface area contributed by atoms with Crippen LogP contribution in [0.1, 0.15) is 32.6 Å². The Labute approximate surface area is 104 Å². The van der Waals surface area contributed by atoms with E-state index < -0.39 is 12.0 Å². The summed E-state index contributed by atoms with van der Waals surface area (Å²) in [6, 6.07) is -0.413. The van der Waals surface area contributed by atoms with E-state index in [1.54, 1.807) is 20.8 Å². The highest BCUT2D eigenvalue weighted by Crippen LogP contribution is 2.13. The maximum Gasteiger partial charge on any atom is 0.231 e. The highest BCUT2D eigenvalue weighted by atomic mass is 16.4. The van der Waals surface area contributed by atoms with Gasteiger partial charge in [0.05, 0.1) is 6.04 Å². The minimum Gasteiger partial charge on any atom is -0.409 e. The van der Waals surface area contributed by atoms with E-state index in [0.29, 0.717) is 5.82 Å². The number of carbonyl (C=O) groups excluding carboxylic acids is 1. The van der Waals surface area contributed by atoms with Crippen LogP contribution in [-0.2, 0) is 4.79 Å². The average molecular weight is 255 g/mol. The van der Waals surface area contributed by atoms with Crippen molar-refractivity contribution in [2.24, 2.45) is 22.7 Å². The highest BCUT2D eigenvalue weighted by molar-refractivity contribution is 6.02. The van der Waals surface area contributed by atoms with Gasteiger partial charge in [-0.15, -0.1) is 10.2 Å². The van der Waals surface area contributed by atoms with Crippen molar-refractivity contribution in [3.63, 3.8) is 0 Å². The van der Waals surface area contributed by atoms with E-state index in [-0.39, 0.29) is 17.7 Å². The zero-order valence-corrected chi connectivity index (χ0v) is 10.5. The Balaban J connectivity index is 2.74. The molecule has 2 unspecified atom stereocenters. The molecule has 0 aliphatic rings. The Hall–Kier alpha value is -2.19. The standard InChI is InChI=1S/C9H17N7O2/c1-4(2)6(7(10)14-18)9(17)11-5(3)8-12-15-16-13-8/h4-6,18H,1-3H3,(H2,10,14)(H,11,17)(H,12,13,15,16). The maximum atomic E-state index is 12.0. The number of aromatic nitrogens is 4. The van der Waals surface area contributed by atoms with Gasteiger partial charge in [0.15, 0.2) is 11.7 Å². The second kappa shape index (κ2) is 5.94. The van der Waals surface area contributed by atoms with E-state index in [0.717, 1.165) is 0 Å². The third-order valence-corrected chi connectivity index (χ3v) is 2.49. The summed E-state index contributed by atoms with van der Waals surface area (Å²) in [6.45, 7) is 5.33. The number of hydrogen-bond acceptors (Lipinski definition) is 6. The molecule has 0 spiro atoms. The van der Waals surface area contributed by atoms with Crippen LogP contribution >= 0.6 is 0 Å². The number of oxime groups is 1. The molecule has 9 heteroatoms. The highest BCUT2D eigenvalue weighted by Gasteiger charge is 2.28. The van der Waals surface area contributed by atoms with Crippen LogP contribution in [0.2, 0.25) is 0 Å². The summed E-state index contributed by atoms with van der Waals surface area (Å²) in [7, 11) is 0. The summed E-state index contributed by atoms with van der Waals surface area (Å²) in [5.41, 5.74) is 5.50. The van der Waals surface area contributed by atoms with Gasteiger partial charge in [-0.1, -0.05) is 24.2 Å². The molecule has 0 aliphatic carbocycles. The van der Waals surface area contributed by atoms with E-state index in [2.05, 4.69) is 31.1 Å². The van der Waals surface area contributed by atoms with Gasteiger partial charge in [-0.2, -0.15) is 5.21 Å². The van der Waals surface area contributed by atoms with Gasteiger partial charge in [0.1, 0.15) is 5.92 Å². The minimum absolute atomic E-state index is 0.0987. The topological polar surface area (TPSA) is 142 Å². The third kappa shape index (κ3) is 3.15. The van der Waals surface area contributed by atoms with Gasteiger partial charge in [-0.3, -0.25) is 4.79 Å². The molecule has 100 valence electrons. The van der Waals surface area contributed by atoms with Gasteiger partial charge >= 0.3 is 0 Å². The number of rotatable bonds is 5. The van der Waals surface area contributed by atoms with Gasteiger partial charge in [-0.05, 0) is 12.8 Å². The van der Waals surface area contributed by atoms with Crippen molar-refractivity contribution in [3.05, 3.63) is 5.82 Å². The molecule has 0 bridgehead atoms. The fourth-order valence-corrected chi connectivity index (χ4v) is 1.56. The number of nitrogens with zero attached hydrogens (tertiary/aromatic N) is 4. The first-order valence-electron chi connectivity index (χ1n) is 5.48. The van der Waals surface area contributed by atoms with Gasteiger partial charge < -0.3 is 16.3 Å². The second-order valence-electron chi connectivity index (χ2n) is 4.25. The Kier molecular flexibility index (Phi) is 4.58. The molecule has 1 amide bonds. The maximum absolute atomic E-state index is 12.0. The summed E-state index contributed by atoms with van der Waals surface area (Å²) in [6.07, 6.45) is 0.